The normalized spacial score (nSPS) is 21.9. The molecule has 0 aromatic carbocycles. The number of carboxylic acid groups (broad SMARTS) is 1. The molecule has 2 atom stereocenters. The van der Waals surface area contributed by atoms with Crippen molar-refractivity contribution < 1.29 is 14.1 Å². The van der Waals surface area contributed by atoms with E-state index in [-0.39, 0.29) is 11.7 Å². The van der Waals surface area contributed by atoms with Gasteiger partial charge in [-0.1, -0.05) is 13.3 Å². The molecule has 0 radical (unpaired) electrons. The van der Waals surface area contributed by atoms with Gasteiger partial charge in [0, 0.05) is 21.8 Å². The Balaban J connectivity index is 2.24. The van der Waals surface area contributed by atoms with Gasteiger partial charge >= 0.3 is 5.97 Å². The third-order valence-electron chi connectivity index (χ3n) is 2.54. The van der Waals surface area contributed by atoms with Crippen LogP contribution in [-0.2, 0) is 15.6 Å². The fourth-order valence-electron chi connectivity index (χ4n) is 1.39. The summed E-state index contributed by atoms with van der Waals surface area (Å²) in [6.07, 6.45) is 3.62. The van der Waals surface area contributed by atoms with Crippen molar-refractivity contribution in [3.8, 4) is 0 Å². The van der Waals surface area contributed by atoms with Crippen LogP contribution in [0, 0.1) is 5.92 Å². The summed E-state index contributed by atoms with van der Waals surface area (Å²) in [6.45, 7) is 1.75. The highest BCUT2D eigenvalue weighted by Gasteiger charge is 2.23. The molecule has 4 heteroatoms. The zero-order valence-electron chi connectivity index (χ0n) is 7.86. The van der Waals surface area contributed by atoms with E-state index in [1.807, 2.05) is 0 Å². The average molecular weight is 204 g/mol. The van der Waals surface area contributed by atoms with Gasteiger partial charge in [0.25, 0.3) is 0 Å². The van der Waals surface area contributed by atoms with Crippen molar-refractivity contribution in [3.05, 3.63) is 0 Å². The summed E-state index contributed by atoms with van der Waals surface area (Å²) in [7, 11) is -0.945. The molecule has 1 rings (SSSR count). The minimum absolute atomic E-state index is 0.0271. The molecule has 0 amide bonds. The number of rotatable bonds is 5. The standard InChI is InChI=1S/C9H16O3S/c1-7(5-9(10)11)13(12)6-8-3-2-4-8/h7-8H,2-6H2,1H3,(H,10,11). The maximum Gasteiger partial charge on any atom is 0.304 e. The number of carbonyl (C=O) groups is 1. The second kappa shape index (κ2) is 4.74. The molecule has 3 nitrogen and oxygen atoms in total. The van der Waals surface area contributed by atoms with E-state index in [2.05, 4.69) is 0 Å². The number of hydrogen-bond acceptors (Lipinski definition) is 2. The monoisotopic (exact) mass is 204 g/mol. The van der Waals surface area contributed by atoms with Crippen molar-refractivity contribution in [2.45, 2.75) is 37.9 Å². The van der Waals surface area contributed by atoms with Crippen molar-refractivity contribution in [1.82, 2.24) is 0 Å². The Bertz CT molecular complexity index is 211. The first-order valence-electron chi connectivity index (χ1n) is 4.68. The topological polar surface area (TPSA) is 54.4 Å². The Morgan fingerprint density at radius 2 is 2.23 bits per heavy atom. The Labute approximate surface area is 81.0 Å². The quantitative estimate of drug-likeness (QED) is 0.736. The van der Waals surface area contributed by atoms with Crippen LogP contribution in [0.3, 0.4) is 0 Å². The minimum Gasteiger partial charge on any atom is -0.481 e. The van der Waals surface area contributed by atoms with Gasteiger partial charge in [0.15, 0.2) is 0 Å². The third kappa shape index (κ3) is 3.46. The Morgan fingerprint density at radius 1 is 1.62 bits per heavy atom. The van der Waals surface area contributed by atoms with Crippen LogP contribution >= 0.6 is 0 Å². The van der Waals surface area contributed by atoms with E-state index in [0.717, 1.165) is 0 Å². The molecule has 1 aliphatic carbocycles. The van der Waals surface area contributed by atoms with E-state index in [9.17, 15) is 9.00 Å². The summed E-state index contributed by atoms with van der Waals surface area (Å²) in [6, 6.07) is 0. The predicted molar refractivity (Wildman–Crippen MR) is 52.1 cm³/mol. The molecule has 13 heavy (non-hydrogen) atoms. The summed E-state index contributed by atoms with van der Waals surface area (Å²) >= 11 is 0. The van der Waals surface area contributed by atoms with E-state index in [0.29, 0.717) is 11.7 Å². The molecule has 0 aromatic rings. The molecular weight excluding hydrogens is 188 g/mol. The van der Waals surface area contributed by atoms with E-state index in [4.69, 9.17) is 5.11 Å². The van der Waals surface area contributed by atoms with Gasteiger partial charge in [-0.3, -0.25) is 9.00 Å². The molecular formula is C9H16O3S. The molecule has 0 saturated heterocycles. The SMILES string of the molecule is CC(CC(=O)O)S(=O)CC1CCC1. The highest BCUT2D eigenvalue weighted by molar-refractivity contribution is 7.85. The molecule has 1 aliphatic rings. The average Bonchev–Trinajstić information content (AvgIpc) is 1.94. The first-order valence-corrected chi connectivity index (χ1v) is 6.06. The number of hydrogen-bond donors (Lipinski definition) is 1. The molecule has 1 saturated carbocycles. The fourth-order valence-corrected chi connectivity index (χ4v) is 2.85. The third-order valence-corrected chi connectivity index (χ3v) is 4.40. The summed E-state index contributed by atoms with van der Waals surface area (Å²) in [4.78, 5) is 10.3. The Kier molecular flexibility index (Phi) is 3.90. The molecule has 0 spiro atoms. The molecule has 0 bridgehead atoms. The minimum atomic E-state index is -0.945. The smallest absolute Gasteiger partial charge is 0.304 e. The van der Waals surface area contributed by atoms with Crippen molar-refractivity contribution >= 4 is 16.8 Å². The van der Waals surface area contributed by atoms with Crippen molar-refractivity contribution in [3.63, 3.8) is 0 Å². The maximum atomic E-state index is 11.5. The van der Waals surface area contributed by atoms with Gasteiger partial charge in [-0.15, -0.1) is 0 Å². The van der Waals surface area contributed by atoms with Crippen LogP contribution in [0.2, 0.25) is 0 Å². The number of aliphatic carboxylic acids is 1. The zero-order valence-corrected chi connectivity index (χ0v) is 8.68. The second-order valence-electron chi connectivity index (χ2n) is 3.75. The molecule has 0 aromatic heterocycles. The second-order valence-corrected chi connectivity index (χ2v) is 5.65. The van der Waals surface area contributed by atoms with Crippen LogP contribution < -0.4 is 0 Å². The first-order chi connectivity index (χ1) is 6.09. The van der Waals surface area contributed by atoms with Crippen molar-refractivity contribution in [2.75, 3.05) is 5.75 Å². The predicted octanol–water partition coefficient (Wildman–Crippen LogP) is 1.40. The van der Waals surface area contributed by atoms with Crippen LogP contribution in [0.25, 0.3) is 0 Å². The molecule has 76 valence electrons. The Hall–Kier alpha value is -0.380. The number of carboxylic acids is 1. The molecule has 1 fully saturated rings. The molecule has 0 heterocycles. The van der Waals surface area contributed by atoms with Gasteiger partial charge in [-0.05, 0) is 18.8 Å². The van der Waals surface area contributed by atoms with Gasteiger partial charge in [0.2, 0.25) is 0 Å². The highest BCUT2D eigenvalue weighted by Crippen LogP contribution is 2.27. The summed E-state index contributed by atoms with van der Waals surface area (Å²) in [5.74, 6) is 0.445. The van der Waals surface area contributed by atoms with Gasteiger partial charge < -0.3 is 5.11 Å². The lowest BCUT2D eigenvalue weighted by atomic mass is 9.87. The molecule has 0 aliphatic heterocycles. The van der Waals surface area contributed by atoms with Crippen LogP contribution in [0.1, 0.15) is 32.6 Å². The van der Waals surface area contributed by atoms with Crippen molar-refractivity contribution in [2.24, 2.45) is 5.92 Å². The first kappa shape index (κ1) is 10.7. The van der Waals surface area contributed by atoms with Crippen LogP contribution in [-0.4, -0.2) is 26.3 Å². The molecule has 1 N–H and O–H groups in total. The fraction of sp³-hybridized carbons (Fsp3) is 0.889. The van der Waals surface area contributed by atoms with E-state index < -0.39 is 16.8 Å². The van der Waals surface area contributed by atoms with Crippen LogP contribution in [0.15, 0.2) is 0 Å². The van der Waals surface area contributed by atoms with Crippen LogP contribution in [0.5, 0.6) is 0 Å². The summed E-state index contributed by atoms with van der Waals surface area (Å²) in [5, 5.41) is 8.31. The van der Waals surface area contributed by atoms with E-state index >= 15 is 0 Å². The lowest BCUT2D eigenvalue weighted by Crippen LogP contribution is -2.25. The van der Waals surface area contributed by atoms with Crippen molar-refractivity contribution in [1.29, 1.82) is 0 Å². The van der Waals surface area contributed by atoms with Gasteiger partial charge in [-0.25, -0.2) is 0 Å². The lowest BCUT2D eigenvalue weighted by molar-refractivity contribution is -0.136. The zero-order chi connectivity index (χ0) is 9.84. The van der Waals surface area contributed by atoms with E-state index in [1.165, 1.54) is 19.3 Å². The van der Waals surface area contributed by atoms with E-state index in [1.54, 1.807) is 6.92 Å². The van der Waals surface area contributed by atoms with Gasteiger partial charge in [0.05, 0.1) is 6.42 Å². The highest BCUT2D eigenvalue weighted by atomic mass is 32.2. The van der Waals surface area contributed by atoms with Crippen LogP contribution in [0.4, 0.5) is 0 Å². The molecule has 2 unspecified atom stereocenters. The Morgan fingerprint density at radius 3 is 2.62 bits per heavy atom. The van der Waals surface area contributed by atoms with Gasteiger partial charge in [0.1, 0.15) is 0 Å². The largest absolute Gasteiger partial charge is 0.481 e. The summed E-state index contributed by atoms with van der Waals surface area (Å²) in [5.41, 5.74) is 0. The summed E-state index contributed by atoms with van der Waals surface area (Å²) < 4.78 is 11.5. The maximum absolute atomic E-state index is 11.5. The van der Waals surface area contributed by atoms with Gasteiger partial charge in [-0.2, -0.15) is 0 Å². The lowest BCUT2D eigenvalue weighted by Gasteiger charge is -2.25.